The molecular formula is C9H7I2Zr. The first-order valence-corrected chi connectivity index (χ1v) is 3.07. The number of halogens is 2. The molecule has 2 aromatic rings. The molecule has 12 heavy (non-hydrogen) atoms. The van der Waals surface area contributed by atoms with Crippen molar-refractivity contribution in [2.75, 3.05) is 0 Å². The summed E-state index contributed by atoms with van der Waals surface area (Å²) < 4.78 is 0. The summed E-state index contributed by atoms with van der Waals surface area (Å²) in [5.41, 5.74) is 0. The van der Waals surface area contributed by atoms with Crippen LogP contribution in [0.3, 0.4) is 0 Å². The average Bonchev–Trinajstić information content (AvgIpc) is 2.33. The van der Waals surface area contributed by atoms with E-state index in [9.17, 15) is 0 Å². The standard InChI is InChI=1S/C9H7.2HI.Zr/c1-2-5-9-7-3-6-8(9)4-1;;;/h1-7H;2*1H;/q-1;;;+3/p-2. The van der Waals surface area contributed by atoms with Crippen molar-refractivity contribution in [1.29, 1.82) is 0 Å². The Labute approximate surface area is 126 Å². The van der Waals surface area contributed by atoms with Crippen LogP contribution in [0.1, 0.15) is 0 Å². The third-order valence-corrected chi connectivity index (χ3v) is 1.55. The molecule has 0 bridgehead atoms. The van der Waals surface area contributed by atoms with Crippen LogP contribution >= 0.6 is 0 Å². The van der Waals surface area contributed by atoms with Gasteiger partial charge in [0.15, 0.2) is 0 Å². The normalized spacial score (nSPS) is 7.67. The number of benzene rings is 1. The average molecular weight is 460 g/mol. The van der Waals surface area contributed by atoms with E-state index in [0.717, 1.165) is 0 Å². The number of hydrogen-bond acceptors (Lipinski definition) is 0. The second kappa shape index (κ2) is 7.57. The van der Waals surface area contributed by atoms with Crippen molar-refractivity contribution in [2.24, 2.45) is 0 Å². The fraction of sp³-hybridized carbons (Fsp3) is 0. The van der Waals surface area contributed by atoms with Gasteiger partial charge in [0.2, 0.25) is 0 Å². The van der Waals surface area contributed by atoms with Gasteiger partial charge in [-0.1, -0.05) is 6.07 Å². The summed E-state index contributed by atoms with van der Waals surface area (Å²) in [5, 5.41) is 2.66. The quantitative estimate of drug-likeness (QED) is 0.284. The molecule has 0 nitrogen and oxygen atoms in total. The van der Waals surface area contributed by atoms with Gasteiger partial charge >= 0.3 is 26.2 Å². The Morgan fingerprint density at radius 2 is 1.58 bits per heavy atom. The monoisotopic (exact) mass is 459 g/mol. The van der Waals surface area contributed by atoms with E-state index in [0.29, 0.717) is 0 Å². The predicted octanol–water partition coefficient (Wildman–Crippen LogP) is -3.44. The van der Waals surface area contributed by atoms with Crippen molar-refractivity contribution in [3.8, 4) is 0 Å². The van der Waals surface area contributed by atoms with Gasteiger partial charge in [-0.15, -0.1) is 29.7 Å². The zero-order valence-electron chi connectivity index (χ0n) is 6.30. The van der Waals surface area contributed by atoms with Crippen molar-refractivity contribution < 1.29 is 74.2 Å². The topological polar surface area (TPSA) is 0 Å². The number of rotatable bonds is 0. The van der Waals surface area contributed by atoms with Crippen LogP contribution in [0.15, 0.2) is 42.5 Å². The van der Waals surface area contributed by atoms with Crippen molar-refractivity contribution in [1.82, 2.24) is 0 Å². The fourth-order valence-electron chi connectivity index (χ4n) is 1.07. The maximum absolute atomic E-state index is 2.12. The molecule has 0 aliphatic carbocycles. The van der Waals surface area contributed by atoms with E-state index in [1.807, 2.05) is 0 Å². The second-order valence-electron chi connectivity index (χ2n) is 2.15. The molecule has 0 atom stereocenters. The summed E-state index contributed by atoms with van der Waals surface area (Å²) in [7, 11) is 0. The second-order valence-corrected chi connectivity index (χ2v) is 2.15. The van der Waals surface area contributed by atoms with Gasteiger partial charge in [0, 0.05) is 0 Å². The van der Waals surface area contributed by atoms with Crippen molar-refractivity contribution in [3.63, 3.8) is 0 Å². The zero-order chi connectivity index (χ0) is 6.10. The van der Waals surface area contributed by atoms with Crippen LogP contribution in [-0.2, 0) is 26.2 Å². The van der Waals surface area contributed by atoms with Crippen LogP contribution < -0.4 is 48.0 Å². The Kier molecular flexibility index (Phi) is 9.86. The SMILES string of the molecule is [I-].[I-].[Zr+3].c1ccc2[cH-]ccc2c1. The molecule has 0 unspecified atom stereocenters. The van der Waals surface area contributed by atoms with Crippen LogP contribution in [0, 0.1) is 0 Å². The van der Waals surface area contributed by atoms with Gasteiger partial charge in [-0.3, -0.25) is 0 Å². The van der Waals surface area contributed by atoms with Gasteiger partial charge in [0.05, 0.1) is 0 Å². The summed E-state index contributed by atoms with van der Waals surface area (Å²) in [5.74, 6) is 0. The van der Waals surface area contributed by atoms with Crippen LogP contribution in [0.5, 0.6) is 0 Å². The van der Waals surface area contributed by atoms with Gasteiger partial charge in [0.25, 0.3) is 0 Å². The van der Waals surface area contributed by atoms with Gasteiger partial charge in [-0.25, -0.2) is 0 Å². The summed E-state index contributed by atoms with van der Waals surface area (Å²) in [6, 6.07) is 14.7. The van der Waals surface area contributed by atoms with Gasteiger partial charge < -0.3 is 48.0 Å². The van der Waals surface area contributed by atoms with E-state index in [4.69, 9.17) is 0 Å². The molecule has 0 saturated heterocycles. The maximum Gasteiger partial charge on any atom is 3.00 e. The minimum Gasteiger partial charge on any atom is -1.00 e. The van der Waals surface area contributed by atoms with Crippen molar-refractivity contribution in [3.05, 3.63) is 42.5 Å². The molecule has 0 amide bonds. The fourth-order valence-corrected chi connectivity index (χ4v) is 1.07. The van der Waals surface area contributed by atoms with E-state index in [-0.39, 0.29) is 74.2 Å². The molecule has 2 rings (SSSR count). The molecule has 0 heterocycles. The first kappa shape index (κ1) is 15.6. The van der Waals surface area contributed by atoms with E-state index in [1.165, 1.54) is 10.8 Å². The molecule has 2 aromatic carbocycles. The van der Waals surface area contributed by atoms with Crippen LogP contribution in [0.25, 0.3) is 10.8 Å². The third kappa shape index (κ3) is 3.50. The summed E-state index contributed by atoms with van der Waals surface area (Å²) in [6.45, 7) is 0. The van der Waals surface area contributed by atoms with Gasteiger partial charge in [0.1, 0.15) is 0 Å². The zero-order valence-corrected chi connectivity index (χ0v) is 13.1. The smallest absolute Gasteiger partial charge is 1.00 e. The van der Waals surface area contributed by atoms with Crippen molar-refractivity contribution in [2.45, 2.75) is 0 Å². The largest absolute Gasteiger partial charge is 3.00 e. The summed E-state index contributed by atoms with van der Waals surface area (Å²) >= 11 is 0. The minimum absolute atomic E-state index is 0. The van der Waals surface area contributed by atoms with Crippen LogP contribution in [-0.4, -0.2) is 0 Å². The Morgan fingerprint density at radius 3 is 2.25 bits per heavy atom. The predicted molar refractivity (Wildman–Crippen MR) is 39.5 cm³/mol. The molecule has 61 valence electrons. The van der Waals surface area contributed by atoms with E-state index < -0.39 is 0 Å². The summed E-state index contributed by atoms with van der Waals surface area (Å²) in [6.07, 6.45) is 0. The van der Waals surface area contributed by atoms with E-state index >= 15 is 0 Å². The first-order chi connectivity index (χ1) is 4.47. The molecule has 0 spiro atoms. The van der Waals surface area contributed by atoms with Crippen molar-refractivity contribution >= 4 is 10.8 Å². The third-order valence-electron chi connectivity index (χ3n) is 1.55. The Balaban J connectivity index is 0. The maximum atomic E-state index is 2.12. The molecule has 1 radical (unpaired) electrons. The number of fused-ring (bicyclic) bond motifs is 1. The minimum atomic E-state index is 0. The van der Waals surface area contributed by atoms with E-state index in [1.54, 1.807) is 0 Å². The summed E-state index contributed by atoms with van der Waals surface area (Å²) in [4.78, 5) is 0. The molecule has 0 fully saturated rings. The van der Waals surface area contributed by atoms with Crippen LogP contribution in [0.4, 0.5) is 0 Å². The molecule has 3 heteroatoms. The molecule has 0 N–H and O–H groups in total. The number of hydrogen-bond donors (Lipinski definition) is 0. The molecular weight excluding hydrogens is 453 g/mol. The van der Waals surface area contributed by atoms with E-state index in [2.05, 4.69) is 42.5 Å². The molecule has 0 saturated carbocycles. The molecule has 0 aromatic heterocycles. The Bertz CT molecular complexity index is 287. The molecule has 0 aliphatic rings. The Hall–Kier alpha value is 1.17. The molecule has 0 aliphatic heterocycles. The van der Waals surface area contributed by atoms with Gasteiger partial charge in [-0.2, -0.15) is 17.5 Å². The Morgan fingerprint density at radius 1 is 0.917 bits per heavy atom. The van der Waals surface area contributed by atoms with Gasteiger partial charge in [-0.05, 0) is 0 Å². The first-order valence-electron chi connectivity index (χ1n) is 3.07. The van der Waals surface area contributed by atoms with Crippen LogP contribution in [0.2, 0.25) is 0 Å².